The van der Waals surface area contributed by atoms with Crippen molar-refractivity contribution in [1.82, 2.24) is 5.32 Å². The van der Waals surface area contributed by atoms with Gasteiger partial charge in [-0.05, 0) is 25.1 Å². The minimum atomic E-state index is -1.26. The Bertz CT molecular complexity index is 770. The van der Waals surface area contributed by atoms with Gasteiger partial charge < -0.3 is 24.8 Å². The van der Waals surface area contributed by atoms with Crippen molar-refractivity contribution < 1.29 is 24.2 Å². The SMILES string of the molecule is C[C@@H]1CNCCN1c1cc(Cl)cc2ccoc12.O=C(O)C=CC(=O)O. The molecule has 0 saturated carbocycles. The van der Waals surface area contributed by atoms with Gasteiger partial charge in [-0.3, -0.25) is 0 Å². The lowest BCUT2D eigenvalue weighted by molar-refractivity contribution is -0.134. The molecule has 0 unspecified atom stereocenters. The number of halogens is 1. The van der Waals surface area contributed by atoms with Crippen LogP contribution >= 0.6 is 11.6 Å². The van der Waals surface area contributed by atoms with Gasteiger partial charge in [-0.2, -0.15) is 0 Å². The molecule has 0 aliphatic carbocycles. The van der Waals surface area contributed by atoms with Crippen molar-refractivity contribution in [3.63, 3.8) is 0 Å². The number of benzene rings is 1. The number of nitrogens with zero attached hydrogens (tertiary/aromatic N) is 1. The topological polar surface area (TPSA) is 103 Å². The monoisotopic (exact) mass is 366 g/mol. The van der Waals surface area contributed by atoms with Crippen LogP contribution in [0.4, 0.5) is 5.69 Å². The first-order valence-corrected chi connectivity index (χ1v) is 8.04. The third-order valence-corrected chi connectivity index (χ3v) is 3.89. The molecule has 1 saturated heterocycles. The van der Waals surface area contributed by atoms with E-state index in [2.05, 4.69) is 17.1 Å². The molecule has 0 spiro atoms. The molecule has 25 heavy (non-hydrogen) atoms. The summed E-state index contributed by atoms with van der Waals surface area (Å²) in [6.45, 7) is 5.19. The number of fused-ring (bicyclic) bond motifs is 1. The van der Waals surface area contributed by atoms with Crippen molar-refractivity contribution in [3.05, 3.63) is 41.6 Å². The van der Waals surface area contributed by atoms with Crippen LogP contribution in [0.25, 0.3) is 11.0 Å². The quantitative estimate of drug-likeness (QED) is 0.717. The summed E-state index contributed by atoms with van der Waals surface area (Å²) in [4.78, 5) is 21.5. The molecule has 1 aliphatic rings. The van der Waals surface area contributed by atoms with E-state index in [0.717, 1.165) is 41.3 Å². The number of carboxylic acids is 2. The fraction of sp³-hybridized carbons (Fsp3) is 0.294. The number of furan rings is 1. The summed E-state index contributed by atoms with van der Waals surface area (Å²) in [5, 5.41) is 20.8. The maximum Gasteiger partial charge on any atom is 0.328 e. The molecule has 0 amide bonds. The molecule has 8 heteroatoms. The van der Waals surface area contributed by atoms with Gasteiger partial charge in [0.25, 0.3) is 0 Å². The number of anilines is 1. The van der Waals surface area contributed by atoms with Crippen LogP contribution in [0.2, 0.25) is 5.02 Å². The van der Waals surface area contributed by atoms with Gasteiger partial charge in [0, 0.05) is 48.2 Å². The molecule has 7 nitrogen and oxygen atoms in total. The number of carboxylic acid groups (broad SMARTS) is 2. The fourth-order valence-electron chi connectivity index (χ4n) is 2.58. The number of nitrogens with one attached hydrogen (secondary N) is 1. The Balaban J connectivity index is 0.000000242. The highest BCUT2D eigenvalue weighted by Gasteiger charge is 2.21. The van der Waals surface area contributed by atoms with Crippen molar-refractivity contribution >= 4 is 40.2 Å². The van der Waals surface area contributed by atoms with Gasteiger partial charge in [-0.1, -0.05) is 11.6 Å². The predicted octanol–water partition coefficient (Wildman–Crippen LogP) is 2.60. The van der Waals surface area contributed by atoms with Crippen LogP contribution in [-0.2, 0) is 9.59 Å². The minimum absolute atomic E-state index is 0.454. The van der Waals surface area contributed by atoms with Crippen LogP contribution in [-0.4, -0.2) is 47.8 Å². The second-order valence-corrected chi connectivity index (χ2v) is 5.96. The average Bonchev–Trinajstić information content (AvgIpc) is 3.01. The minimum Gasteiger partial charge on any atom is -0.478 e. The van der Waals surface area contributed by atoms with Gasteiger partial charge in [0.1, 0.15) is 0 Å². The lowest BCUT2D eigenvalue weighted by Crippen LogP contribution is -2.50. The number of hydrogen-bond acceptors (Lipinski definition) is 5. The molecular weight excluding hydrogens is 348 g/mol. The average molecular weight is 367 g/mol. The van der Waals surface area contributed by atoms with E-state index in [4.69, 9.17) is 26.2 Å². The van der Waals surface area contributed by atoms with E-state index >= 15 is 0 Å². The Morgan fingerprint density at radius 3 is 2.60 bits per heavy atom. The summed E-state index contributed by atoms with van der Waals surface area (Å²) in [5.74, 6) is -2.51. The van der Waals surface area contributed by atoms with E-state index < -0.39 is 11.9 Å². The molecule has 1 aliphatic heterocycles. The molecular formula is C17H19ClN2O5. The largest absolute Gasteiger partial charge is 0.478 e. The summed E-state index contributed by atoms with van der Waals surface area (Å²) < 4.78 is 5.58. The van der Waals surface area contributed by atoms with Crippen LogP contribution in [0.15, 0.2) is 41.0 Å². The molecule has 1 aromatic carbocycles. The van der Waals surface area contributed by atoms with E-state index in [1.54, 1.807) is 6.26 Å². The second kappa shape index (κ2) is 8.55. The van der Waals surface area contributed by atoms with Gasteiger partial charge in [-0.15, -0.1) is 0 Å². The van der Waals surface area contributed by atoms with Gasteiger partial charge in [0.15, 0.2) is 5.58 Å². The molecule has 0 radical (unpaired) electrons. The Morgan fingerprint density at radius 2 is 2.00 bits per heavy atom. The van der Waals surface area contributed by atoms with Gasteiger partial charge >= 0.3 is 11.9 Å². The second-order valence-electron chi connectivity index (χ2n) is 5.52. The van der Waals surface area contributed by atoms with E-state index in [1.165, 1.54) is 0 Å². The molecule has 3 N–H and O–H groups in total. The van der Waals surface area contributed by atoms with Crippen molar-refractivity contribution in [2.75, 3.05) is 24.5 Å². The number of carbonyl (C=O) groups is 2. The molecule has 2 aromatic rings. The molecule has 1 aromatic heterocycles. The smallest absolute Gasteiger partial charge is 0.328 e. The first-order valence-electron chi connectivity index (χ1n) is 7.66. The van der Waals surface area contributed by atoms with Crippen molar-refractivity contribution in [3.8, 4) is 0 Å². The van der Waals surface area contributed by atoms with Crippen molar-refractivity contribution in [1.29, 1.82) is 0 Å². The lowest BCUT2D eigenvalue weighted by atomic mass is 10.1. The molecule has 1 fully saturated rings. The molecule has 0 bridgehead atoms. The maximum atomic E-state index is 9.55. The van der Waals surface area contributed by atoms with Crippen LogP contribution in [0.3, 0.4) is 0 Å². The first kappa shape index (κ1) is 18.8. The number of piperazine rings is 1. The summed E-state index contributed by atoms with van der Waals surface area (Å²) in [7, 11) is 0. The van der Waals surface area contributed by atoms with Crippen LogP contribution in [0, 0.1) is 0 Å². The van der Waals surface area contributed by atoms with E-state index in [0.29, 0.717) is 18.2 Å². The number of aliphatic carboxylic acids is 2. The third kappa shape index (κ3) is 5.23. The van der Waals surface area contributed by atoms with Crippen molar-refractivity contribution in [2.45, 2.75) is 13.0 Å². The van der Waals surface area contributed by atoms with Crippen molar-refractivity contribution in [2.24, 2.45) is 0 Å². The zero-order valence-corrected chi connectivity index (χ0v) is 14.4. The Kier molecular flexibility index (Phi) is 6.44. The van der Waals surface area contributed by atoms with E-state index in [-0.39, 0.29) is 0 Å². The Hall–Kier alpha value is -2.51. The first-order chi connectivity index (χ1) is 11.9. The highest BCUT2D eigenvalue weighted by atomic mass is 35.5. The highest BCUT2D eigenvalue weighted by molar-refractivity contribution is 6.31. The Morgan fingerprint density at radius 1 is 1.32 bits per heavy atom. The Labute approximate surface area is 149 Å². The lowest BCUT2D eigenvalue weighted by Gasteiger charge is -2.35. The normalized spacial score (nSPS) is 17.4. The number of hydrogen-bond donors (Lipinski definition) is 3. The van der Waals surface area contributed by atoms with Crippen LogP contribution in [0.1, 0.15) is 6.92 Å². The van der Waals surface area contributed by atoms with E-state index in [1.807, 2.05) is 18.2 Å². The number of rotatable bonds is 3. The van der Waals surface area contributed by atoms with Crippen LogP contribution < -0.4 is 10.2 Å². The van der Waals surface area contributed by atoms with Crippen LogP contribution in [0.5, 0.6) is 0 Å². The maximum absolute atomic E-state index is 9.55. The molecule has 1 atom stereocenters. The summed E-state index contributed by atoms with van der Waals surface area (Å²) in [6, 6.07) is 6.35. The van der Waals surface area contributed by atoms with Gasteiger partial charge in [0.2, 0.25) is 0 Å². The molecule has 3 rings (SSSR count). The standard InChI is InChI=1S/C13H15ClN2O.C4H4O4/c1-9-8-15-3-4-16(9)12-7-11(14)6-10-2-5-17-13(10)12;5-3(6)1-2-4(7)8/h2,5-7,9,15H,3-4,8H2,1H3;1-2H,(H,5,6)(H,7,8)/t9-;/m1./s1. The zero-order valence-electron chi connectivity index (χ0n) is 13.6. The van der Waals surface area contributed by atoms with Gasteiger partial charge in [0.05, 0.1) is 12.0 Å². The summed E-state index contributed by atoms with van der Waals surface area (Å²) >= 11 is 6.16. The molecule has 2 heterocycles. The zero-order chi connectivity index (χ0) is 18.4. The fourth-order valence-corrected chi connectivity index (χ4v) is 2.80. The third-order valence-electron chi connectivity index (χ3n) is 3.68. The van der Waals surface area contributed by atoms with E-state index in [9.17, 15) is 9.59 Å². The molecule has 134 valence electrons. The summed E-state index contributed by atoms with van der Waals surface area (Å²) in [5.41, 5.74) is 2.04. The summed E-state index contributed by atoms with van der Waals surface area (Å²) in [6.07, 6.45) is 2.84. The highest BCUT2D eigenvalue weighted by Crippen LogP contribution is 2.32. The predicted molar refractivity (Wildman–Crippen MR) is 95.3 cm³/mol. The van der Waals surface area contributed by atoms with Gasteiger partial charge in [-0.25, -0.2) is 9.59 Å².